The molecule has 21 heavy (non-hydrogen) atoms. The summed E-state index contributed by atoms with van der Waals surface area (Å²) in [6.07, 6.45) is 1.60. The first-order valence-corrected chi connectivity index (χ1v) is 6.95. The molecule has 0 saturated carbocycles. The minimum Gasteiger partial charge on any atom is -0.497 e. The third-order valence-electron chi connectivity index (χ3n) is 3.15. The summed E-state index contributed by atoms with van der Waals surface area (Å²) in [5.41, 5.74) is 2.59. The van der Waals surface area contributed by atoms with Crippen LogP contribution in [0.4, 0.5) is 0 Å². The lowest BCUT2D eigenvalue weighted by molar-refractivity contribution is 0.415. The largest absolute Gasteiger partial charge is 0.497 e. The molecule has 0 N–H and O–H groups in total. The van der Waals surface area contributed by atoms with E-state index in [-0.39, 0.29) is 0 Å². The van der Waals surface area contributed by atoms with Gasteiger partial charge < -0.3 is 9.15 Å². The van der Waals surface area contributed by atoms with Crippen molar-refractivity contribution in [2.45, 2.75) is 0 Å². The monoisotopic (exact) mass is 319 g/mol. The summed E-state index contributed by atoms with van der Waals surface area (Å²) in [6.45, 7) is 3.70. The van der Waals surface area contributed by atoms with Gasteiger partial charge in [0, 0.05) is 11.1 Å². The molecule has 0 radical (unpaired) electrons. The van der Waals surface area contributed by atoms with Crippen LogP contribution < -0.4 is 4.74 Å². The van der Waals surface area contributed by atoms with Gasteiger partial charge >= 0.3 is 0 Å². The fourth-order valence-electron chi connectivity index (χ4n) is 2.06. The van der Waals surface area contributed by atoms with Crippen LogP contribution in [-0.2, 0) is 0 Å². The summed E-state index contributed by atoms with van der Waals surface area (Å²) in [7, 11) is 1.62. The van der Waals surface area contributed by atoms with Gasteiger partial charge in [-0.2, -0.15) is 0 Å². The molecule has 1 heterocycles. The second-order valence-corrected chi connectivity index (χ2v) is 5.17. The highest BCUT2D eigenvalue weighted by atomic mass is 35.5. The molecular weight excluding hydrogens is 309 g/mol. The average molecular weight is 320 g/mol. The number of rotatable bonds is 3. The molecule has 3 nitrogen and oxygen atoms in total. The molecule has 2 aromatic carbocycles. The third-order valence-corrected chi connectivity index (χ3v) is 3.84. The molecule has 0 aliphatic rings. The molecular formula is C16H11Cl2NO2. The predicted octanol–water partition coefficient (Wildman–Crippen LogP) is 5.45. The summed E-state index contributed by atoms with van der Waals surface area (Å²) in [6, 6.07) is 9.14. The number of methoxy groups -OCH3 is 1. The smallest absolute Gasteiger partial charge is 0.227 e. The maximum Gasteiger partial charge on any atom is 0.227 e. The number of fused-ring (bicyclic) bond motifs is 1. The lowest BCUT2D eigenvalue weighted by Gasteiger charge is -2.00. The van der Waals surface area contributed by atoms with Crippen molar-refractivity contribution in [1.82, 2.24) is 4.98 Å². The molecule has 0 saturated heterocycles. The fraction of sp³-hybridized carbons (Fsp3) is 0.0625. The zero-order chi connectivity index (χ0) is 15.0. The molecule has 106 valence electrons. The summed E-state index contributed by atoms with van der Waals surface area (Å²) in [5.74, 6) is 1.25. The highest BCUT2D eigenvalue weighted by Crippen LogP contribution is 2.36. The molecule has 0 amide bonds. The van der Waals surface area contributed by atoms with Gasteiger partial charge in [0.25, 0.3) is 0 Å². The molecule has 0 spiro atoms. The van der Waals surface area contributed by atoms with E-state index in [0.29, 0.717) is 32.6 Å². The van der Waals surface area contributed by atoms with Crippen LogP contribution in [0.2, 0.25) is 10.0 Å². The molecule has 3 aromatic rings. The number of oxazole rings is 1. The van der Waals surface area contributed by atoms with Gasteiger partial charge in [-0.15, -0.1) is 0 Å². The van der Waals surface area contributed by atoms with Gasteiger partial charge in [-0.3, -0.25) is 0 Å². The second-order valence-electron chi connectivity index (χ2n) is 4.39. The Morgan fingerprint density at radius 1 is 1.24 bits per heavy atom. The van der Waals surface area contributed by atoms with Gasteiger partial charge in [0.1, 0.15) is 11.3 Å². The molecule has 1 aromatic heterocycles. The van der Waals surface area contributed by atoms with Crippen LogP contribution in [-0.4, -0.2) is 12.1 Å². The maximum atomic E-state index is 6.29. The zero-order valence-corrected chi connectivity index (χ0v) is 12.7. The first-order valence-electron chi connectivity index (χ1n) is 6.19. The summed E-state index contributed by atoms with van der Waals surface area (Å²) in [4.78, 5) is 4.42. The van der Waals surface area contributed by atoms with Crippen LogP contribution in [0.25, 0.3) is 28.6 Å². The second kappa shape index (κ2) is 5.43. The summed E-state index contributed by atoms with van der Waals surface area (Å²) < 4.78 is 10.9. The van der Waals surface area contributed by atoms with Gasteiger partial charge in [-0.05, 0) is 30.3 Å². The number of hydrogen-bond acceptors (Lipinski definition) is 3. The standard InChI is InChI=1S/C16H11Cl2NO2/c1-3-11-12(17)8-13-15(14(11)18)21-16(19-13)9-4-6-10(20-2)7-5-9/h3-8H,1H2,2H3. The highest BCUT2D eigenvalue weighted by Gasteiger charge is 2.15. The van der Waals surface area contributed by atoms with E-state index in [2.05, 4.69) is 11.6 Å². The van der Waals surface area contributed by atoms with E-state index in [4.69, 9.17) is 32.4 Å². The fourth-order valence-corrected chi connectivity index (χ4v) is 2.69. The Hall–Kier alpha value is -1.97. The van der Waals surface area contributed by atoms with E-state index in [1.165, 1.54) is 0 Å². The number of aromatic nitrogens is 1. The van der Waals surface area contributed by atoms with Crippen LogP contribution in [0.15, 0.2) is 41.3 Å². The molecule has 0 fully saturated rings. The Kier molecular flexibility index (Phi) is 3.62. The zero-order valence-electron chi connectivity index (χ0n) is 11.2. The number of nitrogens with zero attached hydrogens (tertiary/aromatic N) is 1. The normalized spacial score (nSPS) is 10.8. The lowest BCUT2D eigenvalue weighted by atomic mass is 10.2. The quantitative estimate of drug-likeness (QED) is 0.643. The predicted molar refractivity (Wildman–Crippen MR) is 86.1 cm³/mol. The first-order chi connectivity index (χ1) is 10.1. The van der Waals surface area contributed by atoms with Crippen molar-refractivity contribution in [3.63, 3.8) is 0 Å². The molecule has 0 aliphatic carbocycles. The minimum atomic E-state index is 0.416. The van der Waals surface area contributed by atoms with Crippen molar-refractivity contribution in [1.29, 1.82) is 0 Å². The molecule has 0 unspecified atom stereocenters. The molecule has 5 heteroatoms. The lowest BCUT2D eigenvalue weighted by Crippen LogP contribution is -1.82. The average Bonchev–Trinajstić information content (AvgIpc) is 2.92. The van der Waals surface area contributed by atoms with Gasteiger partial charge in [0.05, 0.1) is 17.2 Å². The van der Waals surface area contributed by atoms with Crippen LogP contribution in [0, 0.1) is 0 Å². The Bertz CT molecular complexity index is 822. The summed E-state index contributed by atoms with van der Waals surface area (Å²) in [5, 5.41) is 0.914. The van der Waals surface area contributed by atoms with Gasteiger partial charge in [-0.25, -0.2) is 4.98 Å². The van der Waals surface area contributed by atoms with Crippen molar-refractivity contribution in [2.24, 2.45) is 0 Å². The SMILES string of the molecule is C=Cc1c(Cl)cc2nc(-c3ccc(OC)cc3)oc2c1Cl. The number of ether oxygens (including phenoxy) is 1. The van der Waals surface area contributed by atoms with E-state index >= 15 is 0 Å². The Labute approximate surface area is 131 Å². The molecule has 0 atom stereocenters. The Balaban J connectivity index is 2.16. The topological polar surface area (TPSA) is 35.3 Å². The number of benzene rings is 2. The third kappa shape index (κ3) is 2.39. The number of hydrogen-bond donors (Lipinski definition) is 0. The maximum absolute atomic E-state index is 6.29. The van der Waals surface area contributed by atoms with E-state index in [9.17, 15) is 0 Å². The van der Waals surface area contributed by atoms with E-state index in [1.54, 1.807) is 19.3 Å². The Morgan fingerprint density at radius 2 is 1.95 bits per heavy atom. The van der Waals surface area contributed by atoms with E-state index in [0.717, 1.165) is 11.3 Å². The van der Waals surface area contributed by atoms with Gasteiger partial charge in [0.15, 0.2) is 5.58 Å². The van der Waals surface area contributed by atoms with Crippen LogP contribution in [0.1, 0.15) is 5.56 Å². The van der Waals surface area contributed by atoms with Crippen molar-refractivity contribution < 1.29 is 9.15 Å². The van der Waals surface area contributed by atoms with Crippen molar-refractivity contribution in [3.05, 3.63) is 52.5 Å². The number of halogens is 2. The molecule has 0 bridgehead atoms. The van der Waals surface area contributed by atoms with Gasteiger partial charge in [0.2, 0.25) is 5.89 Å². The first kappa shape index (κ1) is 14.0. The van der Waals surface area contributed by atoms with E-state index in [1.807, 2.05) is 24.3 Å². The molecule has 0 aliphatic heterocycles. The van der Waals surface area contributed by atoms with Crippen molar-refractivity contribution in [3.8, 4) is 17.2 Å². The van der Waals surface area contributed by atoms with E-state index < -0.39 is 0 Å². The Morgan fingerprint density at radius 3 is 2.57 bits per heavy atom. The van der Waals surface area contributed by atoms with Gasteiger partial charge in [-0.1, -0.05) is 35.9 Å². The molecule has 3 rings (SSSR count). The van der Waals surface area contributed by atoms with Crippen LogP contribution >= 0.6 is 23.2 Å². The van der Waals surface area contributed by atoms with Crippen LogP contribution in [0.5, 0.6) is 5.75 Å². The summed E-state index contributed by atoms with van der Waals surface area (Å²) >= 11 is 12.4. The van der Waals surface area contributed by atoms with Crippen molar-refractivity contribution in [2.75, 3.05) is 7.11 Å². The highest BCUT2D eigenvalue weighted by molar-refractivity contribution is 6.40. The minimum absolute atomic E-state index is 0.416. The van der Waals surface area contributed by atoms with Crippen molar-refractivity contribution >= 4 is 40.4 Å². The van der Waals surface area contributed by atoms with Crippen LogP contribution in [0.3, 0.4) is 0 Å².